The molecule has 0 atom stereocenters. The topological polar surface area (TPSA) is 82.5 Å². The summed E-state index contributed by atoms with van der Waals surface area (Å²) in [5.41, 5.74) is 3.73. The third kappa shape index (κ3) is 6.07. The molecular weight excluding hydrogens is 394 g/mol. The molecular formula is C24H29N3O4. The maximum absolute atomic E-state index is 12.2. The minimum absolute atomic E-state index is 0.0541. The van der Waals surface area contributed by atoms with Crippen LogP contribution in [-0.2, 0) is 27.3 Å². The Labute approximate surface area is 182 Å². The van der Waals surface area contributed by atoms with Crippen molar-refractivity contribution < 1.29 is 19.1 Å². The van der Waals surface area contributed by atoms with E-state index in [4.69, 9.17) is 9.47 Å². The van der Waals surface area contributed by atoms with Gasteiger partial charge in [-0.05, 0) is 57.0 Å². The lowest BCUT2D eigenvalue weighted by atomic mass is 10.1. The molecule has 0 bridgehead atoms. The first-order chi connectivity index (χ1) is 14.8. The zero-order valence-corrected chi connectivity index (χ0v) is 18.5. The predicted molar refractivity (Wildman–Crippen MR) is 119 cm³/mol. The molecule has 0 aliphatic carbocycles. The highest BCUT2D eigenvalue weighted by molar-refractivity contribution is 5.79. The number of nitrogens with zero attached hydrogens (tertiary/aromatic N) is 2. The number of rotatable bonds is 9. The summed E-state index contributed by atoms with van der Waals surface area (Å²) in [5.74, 6) is 0.909. The summed E-state index contributed by atoms with van der Waals surface area (Å²) in [7, 11) is 0. The zero-order chi connectivity index (χ0) is 22.4. The van der Waals surface area contributed by atoms with Gasteiger partial charge in [-0.25, -0.2) is 4.98 Å². The normalized spacial score (nSPS) is 11.0. The van der Waals surface area contributed by atoms with Crippen LogP contribution in [0.25, 0.3) is 11.0 Å². The van der Waals surface area contributed by atoms with E-state index in [1.807, 2.05) is 74.7 Å². The van der Waals surface area contributed by atoms with Crippen LogP contribution in [0.2, 0.25) is 0 Å². The molecule has 7 heteroatoms. The van der Waals surface area contributed by atoms with E-state index in [2.05, 4.69) is 10.3 Å². The fourth-order valence-electron chi connectivity index (χ4n) is 3.29. The van der Waals surface area contributed by atoms with Gasteiger partial charge >= 0.3 is 5.97 Å². The highest BCUT2D eigenvalue weighted by Gasteiger charge is 2.15. The average molecular weight is 424 g/mol. The lowest BCUT2D eigenvalue weighted by Gasteiger charge is -2.12. The van der Waals surface area contributed by atoms with Crippen LogP contribution in [0.3, 0.4) is 0 Å². The molecule has 1 aromatic heterocycles. The van der Waals surface area contributed by atoms with Gasteiger partial charge < -0.3 is 19.4 Å². The minimum atomic E-state index is -0.314. The third-order valence-electron chi connectivity index (χ3n) is 4.76. The number of imidazole rings is 1. The van der Waals surface area contributed by atoms with E-state index in [1.54, 1.807) is 0 Å². The molecule has 0 unspecified atom stereocenters. The second-order valence-corrected chi connectivity index (χ2v) is 7.80. The van der Waals surface area contributed by atoms with Gasteiger partial charge in [0, 0.05) is 13.0 Å². The summed E-state index contributed by atoms with van der Waals surface area (Å²) in [5, 5.41) is 2.86. The Morgan fingerprint density at radius 3 is 2.68 bits per heavy atom. The minimum Gasteiger partial charge on any atom is -0.483 e. The Bertz CT molecular complexity index is 1070. The van der Waals surface area contributed by atoms with Crippen molar-refractivity contribution in [2.24, 2.45) is 0 Å². The highest BCUT2D eigenvalue weighted by atomic mass is 16.5. The van der Waals surface area contributed by atoms with Crippen LogP contribution in [0.4, 0.5) is 0 Å². The fourth-order valence-corrected chi connectivity index (χ4v) is 3.29. The fraction of sp³-hybridized carbons (Fsp3) is 0.375. The number of amides is 1. The lowest BCUT2D eigenvalue weighted by Crippen LogP contribution is -2.31. The van der Waals surface area contributed by atoms with Gasteiger partial charge in [-0.2, -0.15) is 0 Å². The second-order valence-electron chi connectivity index (χ2n) is 7.80. The van der Waals surface area contributed by atoms with E-state index >= 15 is 0 Å². The number of esters is 1. The first kappa shape index (κ1) is 22.3. The number of hydrogen-bond acceptors (Lipinski definition) is 5. The summed E-state index contributed by atoms with van der Waals surface area (Å²) in [6.45, 7) is 7.98. The van der Waals surface area contributed by atoms with E-state index in [0.29, 0.717) is 18.7 Å². The smallest absolute Gasteiger partial charge is 0.326 e. The van der Waals surface area contributed by atoms with Crippen LogP contribution in [0.1, 0.15) is 30.8 Å². The summed E-state index contributed by atoms with van der Waals surface area (Å²) >= 11 is 0. The highest BCUT2D eigenvalue weighted by Crippen LogP contribution is 2.19. The molecule has 0 spiro atoms. The maximum Gasteiger partial charge on any atom is 0.326 e. The van der Waals surface area contributed by atoms with E-state index in [9.17, 15) is 9.59 Å². The first-order valence-electron chi connectivity index (χ1n) is 10.4. The van der Waals surface area contributed by atoms with Gasteiger partial charge in [0.2, 0.25) is 0 Å². The molecule has 0 saturated carbocycles. The standard InChI is InChI=1S/C24H29N3O4/c1-16(2)31-24(29)14-27-20-8-6-5-7-19(20)26-22(27)11-12-25-23(28)15-30-21-13-17(3)9-10-18(21)4/h5-10,13,16H,11-12,14-15H2,1-4H3,(H,25,28). The molecule has 2 aromatic carbocycles. The number of carbonyl (C=O) groups is 2. The van der Waals surface area contributed by atoms with Crippen LogP contribution in [0.15, 0.2) is 42.5 Å². The number of fused-ring (bicyclic) bond motifs is 1. The Hall–Kier alpha value is -3.35. The largest absolute Gasteiger partial charge is 0.483 e. The molecule has 0 aliphatic rings. The van der Waals surface area contributed by atoms with Crippen LogP contribution >= 0.6 is 0 Å². The number of nitrogens with one attached hydrogen (secondary N) is 1. The predicted octanol–water partition coefficient (Wildman–Crippen LogP) is 3.34. The summed E-state index contributed by atoms with van der Waals surface area (Å²) in [6, 6.07) is 13.5. The Morgan fingerprint density at radius 1 is 1.13 bits per heavy atom. The summed E-state index contributed by atoms with van der Waals surface area (Å²) < 4.78 is 12.8. The molecule has 1 heterocycles. The van der Waals surface area contributed by atoms with Crippen molar-refractivity contribution in [2.75, 3.05) is 13.2 Å². The van der Waals surface area contributed by atoms with Gasteiger partial charge in [0.25, 0.3) is 5.91 Å². The van der Waals surface area contributed by atoms with E-state index in [-0.39, 0.29) is 31.1 Å². The molecule has 0 fully saturated rings. The Morgan fingerprint density at radius 2 is 1.90 bits per heavy atom. The zero-order valence-electron chi connectivity index (χ0n) is 18.5. The molecule has 0 saturated heterocycles. The maximum atomic E-state index is 12.2. The lowest BCUT2D eigenvalue weighted by molar-refractivity contribution is -0.148. The van der Waals surface area contributed by atoms with E-state index in [1.165, 1.54) is 0 Å². The Kier molecular flexibility index (Phi) is 7.28. The second kappa shape index (κ2) is 10.1. The van der Waals surface area contributed by atoms with Gasteiger partial charge in [-0.3, -0.25) is 9.59 Å². The van der Waals surface area contributed by atoms with Crippen LogP contribution < -0.4 is 10.1 Å². The molecule has 0 radical (unpaired) electrons. The molecule has 1 amide bonds. The van der Waals surface area contributed by atoms with Gasteiger partial charge in [-0.1, -0.05) is 24.3 Å². The van der Waals surface area contributed by atoms with Crippen molar-refractivity contribution in [2.45, 2.75) is 46.8 Å². The third-order valence-corrected chi connectivity index (χ3v) is 4.76. The van der Waals surface area contributed by atoms with Gasteiger partial charge in [0.05, 0.1) is 17.1 Å². The molecule has 164 valence electrons. The van der Waals surface area contributed by atoms with Crippen molar-refractivity contribution in [3.05, 3.63) is 59.4 Å². The monoisotopic (exact) mass is 423 g/mol. The first-order valence-corrected chi connectivity index (χ1v) is 10.4. The molecule has 0 aliphatic heterocycles. The number of aromatic nitrogens is 2. The van der Waals surface area contributed by atoms with Crippen molar-refractivity contribution in [1.29, 1.82) is 0 Å². The van der Waals surface area contributed by atoms with Crippen molar-refractivity contribution >= 4 is 22.9 Å². The van der Waals surface area contributed by atoms with Gasteiger partial charge in [-0.15, -0.1) is 0 Å². The van der Waals surface area contributed by atoms with E-state index < -0.39 is 0 Å². The summed E-state index contributed by atoms with van der Waals surface area (Å²) in [6.07, 6.45) is 0.306. The molecule has 31 heavy (non-hydrogen) atoms. The number of hydrogen-bond donors (Lipinski definition) is 1. The van der Waals surface area contributed by atoms with Crippen LogP contribution in [-0.4, -0.2) is 40.7 Å². The number of ether oxygens (including phenoxy) is 2. The van der Waals surface area contributed by atoms with Crippen molar-refractivity contribution in [1.82, 2.24) is 14.9 Å². The van der Waals surface area contributed by atoms with Crippen molar-refractivity contribution in [3.63, 3.8) is 0 Å². The molecule has 3 rings (SSSR count). The van der Waals surface area contributed by atoms with E-state index in [0.717, 1.165) is 28.0 Å². The van der Waals surface area contributed by atoms with Crippen molar-refractivity contribution in [3.8, 4) is 5.75 Å². The van der Waals surface area contributed by atoms with Gasteiger partial charge in [0.1, 0.15) is 18.1 Å². The number of benzene rings is 2. The number of para-hydroxylation sites is 2. The quantitative estimate of drug-likeness (QED) is 0.534. The Balaban J connectivity index is 1.60. The van der Waals surface area contributed by atoms with Gasteiger partial charge in [0.15, 0.2) is 6.61 Å². The molecule has 1 N–H and O–H groups in total. The molecule has 3 aromatic rings. The average Bonchev–Trinajstić information content (AvgIpc) is 3.05. The summed E-state index contributed by atoms with van der Waals surface area (Å²) in [4.78, 5) is 29.1. The number of aryl methyl sites for hydroxylation is 2. The SMILES string of the molecule is Cc1ccc(C)c(OCC(=O)NCCc2nc3ccccc3n2CC(=O)OC(C)C)c1. The molecule has 7 nitrogen and oxygen atoms in total. The number of carbonyl (C=O) groups excluding carboxylic acids is 2. The van der Waals surface area contributed by atoms with Crippen LogP contribution in [0.5, 0.6) is 5.75 Å². The van der Waals surface area contributed by atoms with Crippen LogP contribution in [0, 0.1) is 13.8 Å².